The number of nitrogens with zero attached hydrogens (tertiary/aromatic N) is 2. The van der Waals surface area contributed by atoms with Gasteiger partial charge in [0.1, 0.15) is 18.3 Å². The van der Waals surface area contributed by atoms with Crippen LogP contribution in [0.15, 0.2) is 77.7 Å². The Bertz CT molecular complexity index is 1410. The van der Waals surface area contributed by atoms with Crippen molar-refractivity contribution in [1.82, 2.24) is 10.2 Å². The van der Waals surface area contributed by atoms with Crippen molar-refractivity contribution in [2.45, 2.75) is 71.0 Å². The lowest BCUT2D eigenvalue weighted by molar-refractivity contribution is -0.140. The van der Waals surface area contributed by atoms with E-state index in [9.17, 15) is 18.0 Å². The van der Waals surface area contributed by atoms with Crippen molar-refractivity contribution in [2.75, 3.05) is 18.0 Å². The van der Waals surface area contributed by atoms with Crippen LogP contribution in [0.1, 0.15) is 50.3 Å². The van der Waals surface area contributed by atoms with Gasteiger partial charge in [-0.25, -0.2) is 8.42 Å². The fraction of sp³-hybridized carbons (Fsp3) is 0.375. The summed E-state index contributed by atoms with van der Waals surface area (Å²) in [5.41, 5.74) is 3.14. The second kappa shape index (κ2) is 14.2. The highest BCUT2D eigenvalue weighted by molar-refractivity contribution is 7.92. The first kappa shape index (κ1) is 31.7. The minimum absolute atomic E-state index is 0.0643. The number of sulfonamides is 1. The van der Waals surface area contributed by atoms with Gasteiger partial charge in [-0.15, -0.1) is 0 Å². The number of benzene rings is 3. The number of aryl methyl sites for hydroxylation is 2. The predicted octanol–water partition coefficient (Wildman–Crippen LogP) is 5.23. The first-order valence-corrected chi connectivity index (χ1v) is 15.3. The normalized spacial score (nSPS) is 12.7. The molecule has 0 bridgehead atoms. The Labute approximate surface area is 244 Å². The molecule has 1 N–H and O–H groups in total. The van der Waals surface area contributed by atoms with Gasteiger partial charge in [-0.2, -0.15) is 0 Å². The van der Waals surface area contributed by atoms with Crippen LogP contribution in [-0.4, -0.2) is 50.9 Å². The Morgan fingerprint density at radius 1 is 0.854 bits per heavy atom. The Kier molecular flexibility index (Phi) is 10.9. The SMILES string of the molecule is CC[C@H](C(=O)N[C@@H](C)CC)N(Cc1ccc(C)cc1)C(=O)CN(c1ccc(OC)cc1)S(=O)(=O)c1ccc(C)cc1. The summed E-state index contributed by atoms with van der Waals surface area (Å²) in [6, 6.07) is 19.9. The summed E-state index contributed by atoms with van der Waals surface area (Å²) < 4.78 is 34.3. The van der Waals surface area contributed by atoms with Crippen LogP contribution >= 0.6 is 0 Å². The van der Waals surface area contributed by atoms with Crippen molar-refractivity contribution in [2.24, 2.45) is 0 Å². The minimum Gasteiger partial charge on any atom is -0.497 e. The van der Waals surface area contributed by atoms with Crippen molar-refractivity contribution in [3.8, 4) is 5.75 Å². The van der Waals surface area contributed by atoms with Crippen molar-refractivity contribution >= 4 is 27.5 Å². The standard InChI is InChI=1S/C32H41N3O5S/c1-7-25(5)33-32(37)30(8-2)34(21-26-13-9-23(3)10-14-26)31(36)22-35(27-15-17-28(40-6)18-16-27)41(38,39)29-19-11-24(4)12-20-29/h9-20,25,30H,7-8,21-22H2,1-6H3,(H,33,37)/t25-,30+/m0/s1. The largest absolute Gasteiger partial charge is 0.497 e. The third-order valence-corrected chi connectivity index (χ3v) is 8.90. The van der Waals surface area contributed by atoms with Crippen LogP contribution in [0, 0.1) is 13.8 Å². The molecule has 0 radical (unpaired) electrons. The van der Waals surface area contributed by atoms with E-state index in [1.54, 1.807) is 36.4 Å². The van der Waals surface area contributed by atoms with E-state index in [-0.39, 0.29) is 23.4 Å². The fourth-order valence-electron chi connectivity index (χ4n) is 4.37. The summed E-state index contributed by atoms with van der Waals surface area (Å²) in [5.74, 6) is -0.190. The molecule has 0 unspecified atom stereocenters. The van der Waals surface area contributed by atoms with Gasteiger partial charge >= 0.3 is 0 Å². The Balaban J connectivity index is 2.05. The molecule has 0 aliphatic heterocycles. The van der Waals surface area contributed by atoms with Gasteiger partial charge in [0.05, 0.1) is 17.7 Å². The van der Waals surface area contributed by atoms with Gasteiger partial charge in [-0.1, -0.05) is 61.4 Å². The van der Waals surface area contributed by atoms with E-state index in [0.29, 0.717) is 17.9 Å². The quantitative estimate of drug-likeness (QED) is 0.299. The summed E-state index contributed by atoms with van der Waals surface area (Å²) in [5, 5.41) is 2.99. The first-order valence-electron chi connectivity index (χ1n) is 13.9. The molecule has 0 heterocycles. The van der Waals surface area contributed by atoms with E-state index in [1.165, 1.54) is 24.1 Å². The van der Waals surface area contributed by atoms with Crippen LogP contribution in [0.25, 0.3) is 0 Å². The first-order chi connectivity index (χ1) is 19.5. The van der Waals surface area contributed by atoms with Crippen LogP contribution in [-0.2, 0) is 26.2 Å². The zero-order valence-corrected chi connectivity index (χ0v) is 25.6. The number of rotatable bonds is 13. The highest BCUT2D eigenvalue weighted by atomic mass is 32.2. The van der Waals surface area contributed by atoms with E-state index in [0.717, 1.165) is 27.4 Å². The molecule has 2 atom stereocenters. The second-order valence-electron chi connectivity index (χ2n) is 10.3. The third kappa shape index (κ3) is 8.10. The van der Waals surface area contributed by atoms with Crippen LogP contribution < -0.4 is 14.4 Å². The van der Waals surface area contributed by atoms with Gasteiger partial charge in [0.2, 0.25) is 11.8 Å². The molecular formula is C32H41N3O5S. The number of methoxy groups -OCH3 is 1. The summed E-state index contributed by atoms with van der Waals surface area (Å²) in [7, 11) is -2.60. The third-order valence-electron chi connectivity index (χ3n) is 7.11. The zero-order valence-electron chi connectivity index (χ0n) is 24.8. The van der Waals surface area contributed by atoms with Gasteiger partial charge in [0.15, 0.2) is 0 Å². The highest BCUT2D eigenvalue weighted by Crippen LogP contribution is 2.27. The molecule has 0 fully saturated rings. The number of hydrogen-bond donors (Lipinski definition) is 1. The smallest absolute Gasteiger partial charge is 0.264 e. The molecule has 0 aromatic heterocycles. The number of carbonyl (C=O) groups is 2. The lowest BCUT2D eigenvalue weighted by Gasteiger charge is -2.33. The lowest BCUT2D eigenvalue weighted by atomic mass is 10.1. The molecule has 3 aromatic carbocycles. The summed E-state index contributed by atoms with van der Waals surface area (Å²) in [6.45, 7) is 9.26. The van der Waals surface area contributed by atoms with Gasteiger partial charge in [0, 0.05) is 12.6 Å². The van der Waals surface area contributed by atoms with E-state index in [2.05, 4.69) is 5.32 Å². The van der Waals surface area contributed by atoms with E-state index >= 15 is 0 Å². The summed E-state index contributed by atoms with van der Waals surface area (Å²) in [4.78, 5) is 29.0. The van der Waals surface area contributed by atoms with E-state index in [4.69, 9.17) is 4.74 Å². The van der Waals surface area contributed by atoms with Crippen molar-refractivity contribution < 1.29 is 22.7 Å². The average molecular weight is 580 g/mol. The zero-order chi connectivity index (χ0) is 30.2. The number of carbonyl (C=O) groups excluding carboxylic acids is 2. The Morgan fingerprint density at radius 3 is 1.93 bits per heavy atom. The van der Waals surface area contributed by atoms with Gasteiger partial charge in [0.25, 0.3) is 10.0 Å². The molecule has 220 valence electrons. The molecule has 8 nitrogen and oxygen atoms in total. The summed E-state index contributed by atoms with van der Waals surface area (Å²) in [6.07, 6.45) is 1.11. The molecule has 9 heteroatoms. The van der Waals surface area contributed by atoms with Crippen LogP contribution in [0.2, 0.25) is 0 Å². The number of anilines is 1. The van der Waals surface area contributed by atoms with Crippen LogP contribution in [0.5, 0.6) is 5.75 Å². The molecule has 41 heavy (non-hydrogen) atoms. The van der Waals surface area contributed by atoms with Gasteiger partial charge in [-0.3, -0.25) is 13.9 Å². The minimum atomic E-state index is -4.13. The maximum absolute atomic E-state index is 14.1. The number of nitrogens with one attached hydrogen (secondary N) is 1. The highest BCUT2D eigenvalue weighted by Gasteiger charge is 2.34. The van der Waals surface area contributed by atoms with E-state index < -0.39 is 28.5 Å². The van der Waals surface area contributed by atoms with Crippen LogP contribution in [0.3, 0.4) is 0 Å². The average Bonchev–Trinajstić information content (AvgIpc) is 2.96. The fourth-order valence-corrected chi connectivity index (χ4v) is 5.78. The second-order valence-corrected chi connectivity index (χ2v) is 12.1. The van der Waals surface area contributed by atoms with Gasteiger partial charge in [-0.05, 0) is 75.6 Å². The molecule has 0 saturated carbocycles. The van der Waals surface area contributed by atoms with Crippen molar-refractivity contribution in [1.29, 1.82) is 0 Å². The number of amides is 2. The maximum Gasteiger partial charge on any atom is 0.264 e. The van der Waals surface area contributed by atoms with Crippen molar-refractivity contribution in [3.63, 3.8) is 0 Å². The lowest BCUT2D eigenvalue weighted by Crippen LogP contribution is -2.53. The monoisotopic (exact) mass is 579 g/mol. The molecule has 0 spiro atoms. The molecule has 3 aromatic rings. The molecule has 0 saturated heterocycles. The topological polar surface area (TPSA) is 96.0 Å². The molecule has 0 aliphatic rings. The van der Waals surface area contributed by atoms with Gasteiger partial charge < -0.3 is 15.0 Å². The van der Waals surface area contributed by atoms with Crippen LogP contribution in [0.4, 0.5) is 5.69 Å². The summed E-state index contributed by atoms with van der Waals surface area (Å²) >= 11 is 0. The molecular weight excluding hydrogens is 538 g/mol. The molecule has 3 rings (SSSR count). The molecule has 2 amide bonds. The number of hydrogen-bond acceptors (Lipinski definition) is 5. The maximum atomic E-state index is 14.1. The molecule has 0 aliphatic carbocycles. The number of ether oxygens (including phenoxy) is 1. The predicted molar refractivity (Wildman–Crippen MR) is 162 cm³/mol. The van der Waals surface area contributed by atoms with Crippen molar-refractivity contribution in [3.05, 3.63) is 89.5 Å². The van der Waals surface area contributed by atoms with E-state index in [1.807, 2.05) is 58.9 Å². The Morgan fingerprint density at radius 2 is 1.41 bits per heavy atom. The Hall–Kier alpha value is -3.85.